The van der Waals surface area contributed by atoms with E-state index in [4.69, 9.17) is 11.6 Å². The predicted molar refractivity (Wildman–Crippen MR) is 48.2 cm³/mol. The van der Waals surface area contributed by atoms with Crippen molar-refractivity contribution in [3.05, 3.63) is 23.5 Å². The summed E-state index contributed by atoms with van der Waals surface area (Å²) in [5.74, 6) is -0.390. The number of aryl methyl sites for hydroxylation is 1. The first-order chi connectivity index (χ1) is 6.24. The molecular weight excluding hydrogens is 193 g/mol. The molecule has 3 nitrogen and oxygen atoms in total. The summed E-state index contributed by atoms with van der Waals surface area (Å²) in [4.78, 5) is 7.65. The summed E-state index contributed by atoms with van der Waals surface area (Å²) in [6, 6.07) is 0. The van der Waals surface area contributed by atoms with Crippen LogP contribution in [0.3, 0.4) is 0 Å². The van der Waals surface area contributed by atoms with Gasteiger partial charge in [0.1, 0.15) is 11.0 Å². The summed E-state index contributed by atoms with van der Waals surface area (Å²) in [6.45, 7) is 2.57. The van der Waals surface area contributed by atoms with Crippen molar-refractivity contribution in [2.24, 2.45) is 0 Å². The van der Waals surface area contributed by atoms with Gasteiger partial charge in [0.15, 0.2) is 11.0 Å². The number of nitrogens with zero attached hydrogens (tertiary/aromatic N) is 3. The quantitative estimate of drug-likeness (QED) is 0.660. The lowest BCUT2D eigenvalue weighted by Crippen LogP contribution is -1.94. The van der Waals surface area contributed by atoms with E-state index in [1.165, 1.54) is 0 Å². The maximum atomic E-state index is 13.3. The van der Waals surface area contributed by atoms with Crippen LogP contribution < -0.4 is 0 Å². The van der Waals surface area contributed by atoms with Gasteiger partial charge in [-0.2, -0.15) is 0 Å². The number of imidazole rings is 1. The Hall–Kier alpha value is -1.16. The van der Waals surface area contributed by atoms with Crippen molar-refractivity contribution in [2.45, 2.75) is 13.5 Å². The molecule has 0 radical (unpaired) electrons. The van der Waals surface area contributed by atoms with Crippen LogP contribution in [0, 0.1) is 5.82 Å². The molecule has 0 bridgehead atoms. The van der Waals surface area contributed by atoms with Crippen molar-refractivity contribution in [1.82, 2.24) is 14.5 Å². The van der Waals surface area contributed by atoms with E-state index in [0.717, 1.165) is 6.20 Å². The fourth-order valence-corrected chi connectivity index (χ4v) is 1.45. The molecule has 0 unspecified atom stereocenters. The maximum Gasteiger partial charge on any atom is 0.167 e. The predicted octanol–water partition coefficient (Wildman–Crippen LogP) is 2.24. The molecule has 0 saturated heterocycles. The van der Waals surface area contributed by atoms with E-state index in [9.17, 15) is 4.39 Å². The van der Waals surface area contributed by atoms with E-state index < -0.39 is 5.82 Å². The Bertz CT molecular complexity index is 452. The summed E-state index contributed by atoms with van der Waals surface area (Å²) >= 11 is 5.75. The molecule has 0 spiro atoms. The van der Waals surface area contributed by atoms with Crippen LogP contribution in [0.15, 0.2) is 12.5 Å². The normalized spacial score (nSPS) is 11.0. The molecule has 2 heterocycles. The molecule has 0 amide bonds. The molecule has 0 N–H and O–H groups in total. The highest BCUT2D eigenvalue weighted by molar-refractivity contribution is 6.33. The summed E-state index contributed by atoms with van der Waals surface area (Å²) in [5.41, 5.74) is 0.839. The Morgan fingerprint density at radius 3 is 3.00 bits per heavy atom. The highest BCUT2D eigenvalue weighted by atomic mass is 35.5. The molecule has 5 heteroatoms. The molecule has 0 aromatic carbocycles. The molecule has 0 fully saturated rings. The van der Waals surface area contributed by atoms with Crippen LogP contribution in [-0.2, 0) is 6.54 Å². The second kappa shape index (κ2) is 2.96. The second-order valence-electron chi connectivity index (χ2n) is 2.62. The lowest BCUT2D eigenvalue weighted by Gasteiger charge is -1.99. The average Bonchev–Trinajstić information content (AvgIpc) is 2.56. The average molecular weight is 200 g/mol. The van der Waals surface area contributed by atoms with Crippen LogP contribution in [0.1, 0.15) is 6.92 Å². The van der Waals surface area contributed by atoms with Crippen molar-refractivity contribution < 1.29 is 4.39 Å². The Morgan fingerprint density at radius 2 is 2.31 bits per heavy atom. The first kappa shape index (κ1) is 8.44. The monoisotopic (exact) mass is 199 g/mol. The van der Waals surface area contributed by atoms with Crippen LogP contribution in [0.25, 0.3) is 11.0 Å². The van der Waals surface area contributed by atoms with Gasteiger partial charge in [0.25, 0.3) is 0 Å². The standard InChI is InChI=1S/C8H7ClFN3/c1-2-13-4-12-6-7(13)5(10)3-11-8(6)9/h3-4H,2H2,1H3. The lowest BCUT2D eigenvalue weighted by atomic mass is 10.4. The van der Waals surface area contributed by atoms with Crippen molar-refractivity contribution in [3.8, 4) is 0 Å². The third-order valence-electron chi connectivity index (χ3n) is 1.89. The topological polar surface area (TPSA) is 30.7 Å². The minimum absolute atomic E-state index is 0.239. The van der Waals surface area contributed by atoms with Crippen molar-refractivity contribution >= 4 is 22.6 Å². The number of pyridine rings is 1. The van der Waals surface area contributed by atoms with Gasteiger partial charge in [-0.05, 0) is 6.92 Å². The van der Waals surface area contributed by atoms with Gasteiger partial charge in [-0.15, -0.1) is 0 Å². The molecule has 0 aliphatic rings. The number of hydrogen-bond donors (Lipinski definition) is 0. The minimum atomic E-state index is -0.390. The molecule has 68 valence electrons. The number of fused-ring (bicyclic) bond motifs is 1. The third kappa shape index (κ3) is 1.18. The van der Waals surface area contributed by atoms with Gasteiger partial charge in [0.05, 0.1) is 12.5 Å². The number of rotatable bonds is 1. The van der Waals surface area contributed by atoms with Crippen molar-refractivity contribution in [1.29, 1.82) is 0 Å². The Kier molecular flexibility index (Phi) is 1.92. The molecule has 2 rings (SSSR count). The van der Waals surface area contributed by atoms with Crippen LogP contribution in [0.5, 0.6) is 0 Å². The Labute approximate surface area is 79.2 Å². The fourth-order valence-electron chi connectivity index (χ4n) is 1.26. The highest BCUT2D eigenvalue weighted by Gasteiger charge is 2.10. The summed E-state index contributed by atoms with van der Waals surface area (Å²) in [6.07, 6.45) is 2.67. The molecule has 0 aliphatic carbocycles. The van der Waals surface area contributed by atoms with Gasteiger partial charge < -0.3 is 4.57 Å². The van der Waals surface area contributed by atoms with E-state index >= 15 is 0 Å². The van der Waals surface area contributed by atoms with Crippen LogP contribution >= 0.6 is 11.6 Å². The SMILES string of the molecule is CCn1cnc2c(Cl)ncc(F)c21. The summed E-state index contributed by atoms with van der Waals surface area (Å²) in [7, 11) is 0. The zero-order valence-corrected chi connectivity index (χ0v) is 7.72. The van der Waals surface area contributed by atoms with E-state index in [-0.39, 0.29) is 5.15 Å². The van der Waals surface area contributed by atoms with Crippen LogP contribution in [0.2, 0.25) is 5.15 Å². The van der Waals surface area contributed by atoms with E-state index in [2.05, 4.69) is 9.97 Å². The van der Waals surface area contributed by atoms with Gasteiger partial charge >= 0.3 is 0 Å². The maximum absolute atomic E-state index is 13.3. The summed E-state index contributed by atoms with van der Waals surface area (Å²) in [5, 5.41) is 0.239. The highest BCUT2D eigenvalue weighted by Crippen LogP contribution is 2.21. The smallest absolute Gasteiger partial charge is 0.167 e. The van der Waals surface area contributed by atoms with Gasteiger partial charge in [-0.3, -0.25) is 0 Å². The first-order valence-corrected chi connectivity index (χ1v) is 4.26. The van der Waals surface area contributed by atoms with Gasteiger partial charge in [0.2, 0.25) is 0 Å². The van der Waals surface area contributed by atoms with Gasteiger partial charge in [0, 0.05) is 6.54 Å². The molecular formula is C8H7ClFN3. The number of hydrogen-bond acceptors (Lipinski definition) is 2. The largest absolute Gasteiger partial charge is 0.328 e. The zero-order chi connectivity index (χ0) is 9.42. The second-order valence-corrected chi connectivity index (χ2v) is 2.98. The van der Waals surface area contributed by atoms with Crippen molar-refractivity contribution in [3.63, 3.8) is 0 Å². The molecule has 0 aliphatic heterocycles. The zero-order valence-electron chi connectivity index (χ0n) is 6.96. The van der Waals surface area contributed by atoms with Crippen LogP contribution in [-0.4, -0.2) is 14.5 Å². The molecule has 13 heavy (non-hydrogen) atoms. The fraction of sp³-hybridized carbons (Fsp3) is 0.250. The number of aromatic nitrogens is 3. The number of halogens is 2. The molecule has 2 aromatic rings. The lowest BCUT2D eigenvalue weighted by molar-refractivity contribution is 0.621. The van der Waals surface area contributed by atoms with E-state index in [1.54, 1.807) is 10.9 Å². The van der Waals surface area contributed by atoms with Gasteiger partial charge in [-0.1, -0.05) is 11.6 Å². The first-order valence-electron chi connectivity index (χ1n) is 3.89. The van der Waals surface area contributed by atoms with E-state index in [1.807, 2.05) is 6.92 Å². The Morgan fingerprint density at radius 1 is 1.54 bits per heavy atom. The van der Waals surface area contributed by atoms with Crippen molar-refractivity contribution in [2.75, 3.05) is 0 Å². The minimum Gasteiger partial charge on any atom is -0.328 e. The summed E-state index contributed by atoms with van der Waals surface area (Å²) < 4.78 is 15.0. The molecule has 2 aromatic heterocycles. The molecule has 0 saturated carbocycles. The van der Waals surface area contributed by atoms with Gasteiger partial charge in [-0.25, -0.2) is 14.4 Å². The third-order valence-corrected chi connectivity index (χ3v) is 2.17. The van der Waals surface area contributed by atoms with E-state index in [0.29, 0.717) is 17.6 Å². The Balaban J connectivity index is 2.87. The van der Waals surface area contributed by atoms with Crippen LogP contribution in [0.4, 0.5) is 4.39 Å². The molecule has 0 atom stereocenters.